The van der Waals surface area contributed by atoms with Gasteiger partial charge in [-0.3, -0.25) is 14.4 Å². The lowest BCUT2D eigenvalue weighted by Gasteiger charge is -2.55. The lowest BCUT2D eigenvalue weighted by Crippen LogP contribution is -2.46. The number of nitrogens with zero attached hydrogens (tertiary/aromatic N) is 2. The summed E-state index contributed by atoms with van der Waals surface area (Å²) in [4.78, 5) is 43.9. The highest BCUT2D eigenvalue weighted by Gasteiger charge is 2.57. The fraction of sp³-hybridized carbons (Fsp3) is 0.887. The molecular weight excluding hydrogens is 853 g/mol. The number of unbranched alkanes of at least 4 members (excludes halogenated alkanes) is 14. The predicted octanol–water partition coefficient (Wildman–Crippen LogP) is 16.6. The average molecular weight is 964 g/mol. The van der Waals surface area contributed by atoms with Crippen LogP contribution in [0.2, 0.25) is 0 Å². The Hall–Kier alpha value is -2.15. The average Bonchev–Trinajstić information content (AvgIpc) is 3.67. The second-order valence-electron chi connectivity index (χ2n) is 24.4. The molecule has 4 rings (SSSR count). The van der Waals surface area contributed by atoms with Gasteiger partial charge in [0.25, 0.3) is 0 Å². The Morgan fingerprint density at radius 2 is 1.22 bits per heavy atom. The molecule has 0 radical (unpaired) electrons. The fourth-order valence-corrected chi connectivity index (χ4v) is 13.7. The summed E-state index contributed by atoms with van der Waals surface area (Å²) in [6, 6.07) is 0. The van der Waals surface area contributed by atoms with E-state index in [1.807, 2.05) is 4.90 Å². The van der Waals surface area contributed by atoms with Gasteiger partial charge < -0.3 is 19.3 Å². The Bertz CT molecular complexity index is 1520. The maximum atomic E-state index is 13.4. The number of carbonyl (C=O) groups excluding carboxylic acids is 3. The quantitative estimate of drug-likeness (QED) is 0.0456. The summed E-state index contributed by atoms with van der Waals surface area (Å²) in [5.41, 5.74) is 3.91. The van der Waals surface area contributed by atoms with Crippen molar-refractivity contribution in [1.29, 1.82) is 0 Å². The number of hydrogen-bond acceptors (Lipinski definition) is 6. The Labute approximate surface area is 426 Å². The van der Waals surface area contributed by atoms with Gasteiger partial charge in [0.15, 0.2) is 0 Å². The highest BCUT2D eigenvalue weighted by Crippen LogP contribution is 2.66. The van der Waals surface area contributed by atoms with Crippen molar-refractivity contribution in [3.05, 3.63) is 23.3 Å². The van der Waals surface area contributed by atoms with Crippen LogP contribution in [0.5, 0.6) is 0 Å². The van der Waals surface area contributed by atoms with Crippen LogP contribution >= 0.6 is 0 Å². The zero-order chi connectivity index (χ0) is 50.1. The molecule has 4 aliphatic carbocycles. The van der Waals surface area contributed by atoms with Crippen LogP contribution in [0.1, 0.15) is 267 Å². The van der Waals surface area contributed by atoms with Gasteiger partial charge in [-0.25, -0.2) is 0 Å². The molecule has 0 aromatic heterocycles. The number of fused-ring (bicyclic) bond motifs is 5. The maximum Gasteiger partial charge on any atom is 0.306 e. The van der Waals surface area contributed by atoms with E-state index in [1.54, 1.807) is 5.57 Å². The van der Waals surface area contributed by atoms with E-state index in [0.717, 1.165) is 133 Å². The molecule has 3 fully saturated rings. The molecule has 0 aromatic carbocycles. The monoisotopic (exact) mass is 963 g/mol. The first-order chi connectivity index (χ1) is 33.2. The number of carbonyl (C=O) groups is 3. The van der Waals surface area contributed by atoms with Gasteiger partial charge in [-0.1, -0.05) is 168 Å². The van der Waals surface area contributed by atoms with Crippen molar-refractivity contribution in [2.24, 2.45) is 40.4 Å². The Morgan fingerprint density at radius 3 is 1.84 bits per heavy atom. The van der Waals surface area contributed by atoms with E-state index in [1.165, 1.54) is 115 Å². The van der Waals surface area contributed by atoms with Crippen LogP contribution in [0.25, 0.3) is 0 Å². The third kappa shape index (κ3) is 20.0. The Balaban J connectivity index is 1.17. The minimum absolute atomic E-state index is 0.0167. The summed E-state index contributed by atoms with van der Waals surface area (Å²) >= 11 is 0. The second-order valence-corrected chi connectivity index (χ2v) is 24.4. The van der Waals surface area contributed by atoms with Crippen LogP contribution in [0.15, 0.2) is 23.3 Å². The molecule has 398 valence electrons. The van der Waals surface area contributed by atoms with Crippen molar-refractivity contribution in [3.63, 3.8) is 0 Å². The van der Waals surface area contributed by atoms with Crippen LogP contribution in [0.3, 0.4) is 0 Å². The SMILES string of the molecule is CCCCCCCCC(CCCCCCCC)OC(=O)CCCCCN(CCCCCC(=O)OC1CCC2(C)C(=CC=C3C2CCC2(C)C3CCC2C(C)CCCC(C)C)C1)C(=O)CCCN(C)C. The molecule has 1 amide bonds. The summed E-state index contributed by atoms with van der Waals surface area (Å²) < 4.78 is 12.3. The van der Waals surface area contributed by atoms with Crippen molar-refractivity contribution in [2.45, 2.75) is 279 Å². The zero-order valence-corrected chi connectivity index (χ0v) is 46.8. The molecule has 7 atom stereocenters. The highest BCUT2D eigenvalue weighted by atomic mass is 16.5. The molecule has 0 bridgehead atoms. The predicted molar refractivity (Wildman–Crippen MR) is 290 cm³/mol. The lowest BCUT2D eigenvalue weighted by molar-refractivity contribution is -0.151. The van der Waals surface area contributed by atoms with Crippen LogP contribution in [0.4, 0.5) is 0 Å². The molecular formula is C62H110N2O5. The van der Waals surface area contributed by atoms with E-state index >= 15 is 0 Å². The summed E-state index contributed by atoms with van der Waals surface area (Å²) in [5.74, 6) is 3.96. The van der Waals surface area contributed by atoms with Gasteiger partial charge in [0.05, 0.1) is 0 Å². The molecule has 7 heteroatoms. The van der Waals surface area contributed by atoms with E-state index in [2.05, 4.69) is 79.6 Å². The number of esters is 2. The first kappa shape index (κ1) is 59.4. The van der Waals surface area contributed by atoms with E-state index in [4.69, 9.17) is 9.47 Å². The number of rotatable bonds is 37. The molecule has 4 aliphatic rings. The van der Waals surface area contributed by atoms with Crippen LogP contribution < -0.4 is 0 Å². The van der Waals surface area contributed by atoms with Crippen molar-refractivity contribution in [3.8, 4) is 0 Å². The van der Waals surface area contributed by atoms with Crippen molar-refractivity contribution in [2.75, 3.05) is 33.7 Å². The van der Waals surface area contributed by atoms with Crippen molar-refractivity contribution >= 4 is 17.8 Å². The number of allylic oxidation sites excluding steroid dienone is 3. The van der Waals surface area contributed by atoms with Crippen molar-refractivity contribution < 1.29 is 23.9 Å². The van der Waals surface area contributed by atoms with Gasteiger partial charge in [0, 0.05) is 38.8 Å². The Morgan fingerprint density at radius 1 is 0.609 bits per heavy atom. The zero-order valence-electron chi connectivity index (χ0n) is 46.8. The van der Waals surface area contributed by atoms with Crippen molar-refractivity contribution in [1.82, 2.24) is 9.80 Å². The van der Waals surface area contributed by atoms with E-state index in [0.29, 0.717) is 30.6 Å². The maximum absolute atomic E-state index is 13.4. The van der Waals surface area contributed by atoms with Crippen LogP contribution in [0, 0.1) is 40.4 Å². The fourth-order valence-electron chi connectivity index (χ4n) is 13.7. The largest absolute Gasteiger partial charge is 0.462 e. The normalized spacial score (nSPS) is 24.7. The molecule has 0 saturated heterocycles. The first-order valence-electron chi connectivity index (χ1n) is 29.9. The second kappa shape index (κ2) is 32.1. The Kier molecular flexibility index (Phi) is 27.7. The molecule has 7 nitrogen and oxygen atoms in total. The minimum Gasteiger partial charge on any atom is -0.462 e. The summed E-state index contributed by atoms with van der Waals surface area (Å²) in [5, 5.41) is 0. The van der Waals surface area contributed by atoms with Gasteiger partial charge in [0.1, 0.15) is 12.2 Å². The van der Waals surface area contributed by atoms with Gasteiger partial charge >= 0.3 is 11.9 Å². The van der Waals surface area contributed by atoms with E-state index in [-0.39, 0.29) is 35.5 Å². The van der Waals surface area contributed by atoms with E-state index in [9.17, 15) is 14.4 Å². The summed E-state index contributed by atoms with van der Waals surface area (Å²) in [6.07, 6.45) is 42.2. The molecule has 69 heavy (non-hydrogen) atoms. The number of ether oxygens (including phenoxy) is 2. The lowest BCUT2D eigenvalue weighted by atomic mass is 9.50. The third-order valence-electron chi connectivity index (χ3n) is 18.0. The summed E-state index contributed by atoms with van der Waals surface area (Å²) in [6.45, 7) is 19.3. The minimum atomic E-state index is -0.0597. The molecule has 7 unspecified atom stereocenters. The molecule has 0 aliphatic heterocycles. The van der Waals surface area contributed by atoms with E-state index < -0.39 is 0 Å². The van der Waals surface area contributed by atoms with Gasteiger partial charge in [0.2, 0.25) is 5.91 Å². The topological polar surface area (TPSA) is 76.1 Å². The first-order valence-corrected chi connectivity index (χ1v) is 29.9. The highest BCUT2D eigenvalue weighted by molar-refractivity contribution is 5.76. The molecule has 3 saturated carbocycles. The molecule has 0 aromatic rings. The van der Waals surface area contributed by atoms with Gasteiger partial charge in [-0.2, -0.15) is 0 Å². The number of hydrogen-bond donors (Lipinski definition) is 0. The molecule has 0 N–H and O–H groups in total. The smallest absolute Gasteiger partial charge is 0.306 e. The molecule has 0 spiro atoms. The number of amides is 1. The summed E-state index contributed by atoms with van der Waals surface area (Å²) in [7, 11) is 4.11. The molecule has 0 heterocycles. The van der Waals surface area contributed by atoms with Crippen LogP contribution in [-0.4, -0.2) is 73.6 Å². The standard InChI is InChI=1S/C62H110N2O5/c1-10-12-14-16-18-22-32-52(33-23-19-17-15-13-11-2)68-59(66)35-24-20-26-46-64(58(65)34-29-45-63(8)9)47-27-21-25-36-60(67)69-53-41-43-61(6)51(48-53)37-38-54-56-40-39-55(50(5)31-28-30-49(3)4)62(56,7)44-42-57(54)61/h37-38,49-50,52-53,55-57H,10-36,39-48H2,1-9H3. The van der Waals surface area contributed by atoms with Gasteiger partial charge in [-0.05, 0) is 157 Å². The third-order valence-corrected chi connectivity index (χ3v) is 18.0. The van der Waals surface area contributed by atoms with Gasteiger partial charge in [-0.15, -0.1) is 0 Å². The van der Waals surface area contributed by atoms with Crippen LogP contribution in [-0.2, 0) is 23.9 Å².